The third kappa shape index (κ3) is 3.13. The molecule has 0 unspecified atom stereocenters. The molecule has 0 aliphatic carbocycles. The summed E-state index contributed by atoms with van der Waals surface area (Å²) in [4.78, 5) is 10.8. The summed E-state index contributed by atoms with van der Waals surface area (Å²) < 4.78 is 40.1. The molecule has 0 aromatic heterocycles. The quantitative estimate of drug-likeness (QED) is 0.905. The van der Waals surface area contributed by atoms with Gasteiger partial charge < -0.3 is 9.84 Å². The van der Waals surface area contributed by atoms with E-state index in [4.69, 9.17) is 10.4 Å². The van der Waals surface area contributed by atoms with Crippen LogP contribution in [0.4, 0.5) is 13.2 Å². The van der Waals surface area contributed by atoms with Gasteiger partial charge in [0.15, 0.2) is 0 Å². The van der Waals surface area contributed by atoms with E-state index in [2.05, 4.69) is 4.74 Å². The number of carbonyl (C=O) groups is 1. The molecule has 0 saturated carbocycles. The highest BCUT2D eigenvalue weighted by atomic mass is 19.4. The van der Waals surface area contributed by atoms with E-state index in [9.17, 15) is 18.0 Å². The minimum atomic E-state index is -4.98. The first kappa shape index (κ1) is 13.8. The molecule has 0 radical (unpaired) electrons. The fourth-order valence-corrected chi connectivity index (χ4v) is 1.41. The normalized spacial score (nSPS) is 10.8. The van der Waals surface area contributed by atoms with Crippen molar-refractivity contribution in [1.29, 1.82) is 5.26 Å². The summed E-state index contributed by atoms with van der Waals surface area (Å²) in [6.07, 6.45) is -4.76. The molecule has 1 N–H and O–H groups in total. The summed E-state index contributed by atoms with van der Waals surface area (Å²) in [6, 6.07) is 3.43. The fourth-order valence-electron chi connectivity index (χ4n) is 1.41. The second-order valence-corrected chi connectivity index (χ2v) is 3.33. The molecule has 0 atom stereocenters. The second-order valence-electron chi connectivity index (χ2n) is 3.33. The first-order valence-corrected chi connectivity index (χ1v) is 4.84. The molecule has 7 heteroatoms. The lowest BCUT2D eigenvalue weighted by molar-refractivity contribution is -0.274. The SMILES string of the molecule is CCc1cc(C(=O)O)cc(OC(F)(F)F)c1C#N. The lowest BCUT2D eigenvalue weighted by atomic mass is 10.0. The van der Waals surface area contributed by atoms with Crippen molar-refractivity contribution >= 4 is 5.97 Å². The Kier molecular flexibility index (Phi) is 3.81. The van der Waals surface area contributed by atoms with Gasteiger partial charge >= 0.3 is 12.3 Å². The Hall–Kier alpha value is -2.23. The number of aryl methyl sites for hydroxylation is 1. The molecule has 0 heterocycles. The average Bonchev–Trinajstić information content (AvgIpc) is 2.25. The van der Waals surface area contributed by atoms with E-state index in [1.54, 1.807) is 13.0 Å². The Balaban J connectivity index is 3.42. The predicted octanol–water partition coefficient (Wildman–Crippen LogP) is 2.72. The number of carboxylic acid groups (broad SMARTS) is 1. The molecule has 0 aliphatic heterocycles. The Morgan fingerprint density at radius 3 is 2.50 bits per heavy atom. The number of hydrogen-bond acceptors (Lipinski definition) is 3. The van der Waals surface area contributed by atoms with Crippen molar-refractivity contribution in [3.63, 3.8) is 0 Å². The molecule has 0 saturated heterocycles. The van der Waals surface area contributed by atoms with Crippen LogP contribution in [-0.4, -0.2) is 17.4 Å². The van der Waals surface area contributed by atoms with Gasteiger partial charge in [0.25, 0.3) is 0 Å². The van der Waals surface area contributed by atoms with Crippen LogP contribution < -0.4 is 4.74 Å². The standard InChI is InChI=1S/C11H8F3NO3/c1-2-6-3-7(10(16)17)4-9(8(6)5-15)18-11(12,13)14/h3-4H,2H2,1H3,(H,16,17). The number of hydrogen-bond donors (Lipinski definition) is 1. The van der Waals surface area contributed by atoms with Gasteiger partial charge in [0.1, 0.15) is 11.8 Å². The highest BCUT2D eigenvalue weighted by Crippen LogP contribution is 2.30. The minimum absolute atomic E-state index is 0.191. The number of ether oxygens (including phenoxy) is 1. The third-order valence-electron chi connectivity index (χ3n) is 2.15. The predicted molar refractivity (Wildman–Crippen MR) is 54.2 cm³/mol. The van der Waals surface area contributed by atoms with E-state index in [0.717, 1.165) is 6.07 Å². The van der Waals surface area contributed by atoms with Crippen LogP contribution in [0.25, 0.3) is 0 Å². The Morgan fingerprint density at radius 1 is 1.50 bits per heavy atom. The second kappa shape index (κ2) is 4.96. The Morgan fingerprint density at radius 2 is 2.11 bits per heavy atom. The van der Waals surface area contributed by atoms with Gasteiger partial charge in [0, 0.05) is 0 Å². The summed E-state index contributed by atoms with van der Waals surface area (Å²) in [7, 11) is 0. The van der Waals surface area contributed by atoms with E-state index in [1.165, 1.54) is 0 Å². The van der Waals surface area contributed by atoms with Gasteiger partial charge in [0.05, 0.1) is 11.1 Å². The van der Waals surface area contributed by atoms with Crippen LogP contribution in [0, 0.1) is 11.3 Å². The molecule has 0 aliphatic rings. The van der Waals surface area contributed by atoms with Gasteiger partial charge in [-0.1, -0.05) is 6.92 Å². The third-order valence-corrected chi connectivity index (χ3v) is 2.15. The number of aromatic carboxylic acids is 1. The van der Waals surface area contributed by atoms with E-state index >= 15 is 0 Å². The largest absolute Gasteiger partial charge is 0.573 e. The van der Waals surface area contributed by atoms with Gasteiger partial charge in [-0.3, -0.25) is 0 Å². The van der Waals surface area contributed by atoms with E-state index in [1.807, 2.05) is 0 Å². The molecule has 0 spiro atoms. The first-order chi connectivity index (χ1) is 8.28. The zero-order chi connectivity index (χ0) is 13.9. The molecule has 96 valence electrons. The highest BCUT2D eigenvalue weighted by molar-refractivity contribution is 5.89. The summed E-state index contributed by atoms with van der Waals surface area (Å²) in [6.45, 7) is 1.60. The fraction of sp³-hybridized carbons (Fsp3) is 0.273. The van der Waals surface area contributed by atoms with Crippen molar-refractivity contribution in [2.75, 3.05) is 0 Å². The van der Waals surface area contributed by atoms with Gasteiger partial charge in [0.2, 0.25) is 0 Å². The number of alkyl halides is 3. The lowest BCUT2D eigenvalue weighted by Gasteiger charge is -2.13. The first-order valence-electron chi connectivity index (χ1n) is 4.84. The van der Waals surface area contributed by atoms with Crippen molar-refractivity contribution < 1.29 is 27.8 Å². The number of benzene rings is 1. The van der Waals surface area contributed by atoms with Gasteiger partial charge in [-0.15, -0.1) is 13.2 Å². The number of nitrogens with zero attached hydrogens (tertiary/aromatic N) is 1. The molecule has 0 fully saturated rings. The molecule has 1 aromatic carbocycles. The van der Waals surface area contributed by atoms with Crippen molar-refractivity contribution in [2.45, 2.75) is 19.7 Å². The van der Waals surface area contributed by atoms with Crippen molar-refractivity contribution in [3.05, 3.63) is 28.8 Å². The van der Waals surface area contributed by atoms with Crippen LogP contribution in [0.15, 0.2) is 12.1 Å². The van der Waals surface area contributed by atoms with Crippen LogP contribution in [0.2, 0.25) is 0 Å². The van der Waals surface area contributed by atoms with Crippen LogP contribution in [0.1, 0.15) is 28.4 Å². The van der Waals surface area contributed by atoms with Crippen LogP contribution in [0.3, 0.4) is 0 Å². The monoisotopic (exact) mass is 259 g/mol. The zero-order valence-electron chi connectivity index (χ0n) is 9.21. The Bertz CT molecular complexity index is 517. The Labute approximate surface area is 100 Å². The van der Waals surface area contributed by atoms with Crippen molar-refractivity contribution in [1.82, 2.24) is 0 Å². The molecule has 18 heavy (non-hydrogen) atoms. The summed E-state index contributed by atoms with van der Waals surface area (Å²) in [5.74, 6) is -2.18. The molecule has 1 aromatic rings. The van der Waals surface area contributed by atoms with E-state index in [0.29, 0.717) is 6.07 Å². The van der Waals surface area contributed by atoms with Gasteiger partial charge in [-0.05, 0) is 24.1 Å². The smallest absolute Gasteiger partial charge is 0.478 e. The number of carboxylic acids is 1. The summed E-state index contributed by atoms with van der Waals surface area (Å²) >= 11 is 0. The summed E-state index contributed by atoms with van der Waals surface area (Å²) in [5.41, 5.74) is -0.471. The van der Waals surface area contributed by atoms with Gasteiger partial charge in [-0.2, -0.15) is 5.26 Å². The maximum absolute atomic E-state index is 12.1. The van der Waals surface area contributed by atoms with E-state index in [-0.39, 0.29) is 23.1 Å². The van der Waals surface area contributed by atoms with Gasteiger partial charge in [-0.25, -0.2) is 4.79 Å². The van der Waals surface area contributed by atoms with Crippen LogP contribution in [-0.2, 0) is 6.42 Å². The van der Waals surface area contributed by atoms with Crippen LogP contribution >= 0.6 is 0 Å². The maximum atomic E-state index is 12.1. The van der Waals surface area contributed by atoms with Crippen LogP contribution in [0.5, 0.6) is 5.75 Å². The topological polar surface area (TPSA) is 70.3 Å². The summed E-state index contributed by atoms with van der Waals surface area (Å²) in [5, 5.41) is 17.6. The number of rotatable bonds is 3. The highest BCUT2D eigenvalue weighted by Gasteiger charge is 2.33. The van der Waals surface area contributed by atoms with E-state index < -0.39 is 18.1 Å². The van der Waals surface area contributed by atoms with Crippen molar-refractivity contribution in [2.24, 2.45) is 0 Å². The maximum Gasteiger partial charge on any atom is 0.573 e. The molecule has 0 bridgehead atoms. The molecular weight excluding hydrogens is 251 g/mol. The lowest BCUT2D eigenvalue weighted by Crippen LogP contribution is -2.18. The minimum Gasteiger partial charge on any atom is -0.478 e. The zero-order valence-corrected chi connectivity index (χ0v) is 9.21. The molecule has 0 amide bonds. The number of halogens is 3. The molecular formula is C11H8F3NO3. The number of nitriles is 1. The van der Waals surface area contributed by atoms with Crippen molar-refractivity contribution in [3.8, 4) is 11.8 Å². The molecule has 4 nitrogen and oxygen atoms in total. The average molecular weight is 259 g/mol. The molecule has 1 rings (SSSR count).